The molecule has 0 aliphatic rings. The van der Waals surface area contributed by atoms with Crippen LogP contribution in [0.4, 0.5) is 0 Å². The van der Waals surface area contributed by atoms with Crippen LogP contribution < -0.4 is 5.56 Å². The number of nitrogens with zero attached hydrogens (tertiary/aromatic N) is 3. The van der Waals surface area contributed by atoms with E-state index in [1.54, 1.807) is 24.3 Å². The molecule has 0 fully saturated rings. The summed E-state index contributed by atoms with van der Waals surface area (Å²) in [5.41, 5.74) is 0.803. The first-order chi connectivity index (χ1) is 12.0. The standard InChI is InChI=1S/C18H15BrClN3O2/c1-2-3-17-22-15-6-4-12(19)9-14(15)18(25)23(17)21-10-11-8-13(20)5-7-16(11)24/h4-10,24H,2-3H2,1H3. The smallest absolute Gasteiger partial charge is 0.282 e. The molecule has 25 heavy (non-hydrogen) atoms. The second-order valence-electron chi connectivity index (χ2n) is 5.50. The first-order valence-corrected chi connectivity index (χ1v) is 8.90. The molecule has 0 spiro atoms. The lowest BCUT2D eigenvalue weighted by atomic mass is 10.2. The van der Waals surface area contributed by atoms with Gasteiger partial charge in [0.1, 0.15) is 11.6 Å². The number of phenolic OH excluding ortho intramolecular Hbond substituents is 1. The maximum Gasteiger partial charge on any atom is 0.282 e. The van der Waals surface area contributed by atoms with Gasteiger partial charge in [0.15, 0.2) is 0 Å². The molecular weight excluding hydrogens is 406 g/mol. The van der Waals surface area contributed by atoms with Crippen LogP contribution in [0.5, 0.6) is 5.75 Å². The Hall–Kier alpha value is -2.18. The number of aromatic hydroxyl groups is 1. The van der Waals surface area contributed by atoms with Gasteiger partial charge in [-0.25, -0.2) is 4.98 Å². The van der Waals surface area contributed by atoms with Gasteiger partial charge < -0.3 is 5.11 Å². The summed E-state index contributed by atoms with van der Waals surface area (Å²) in [6.45, 7) is 2.01. The van der Waals surface area contributed by atoms with E-state index in [0.29, 0.717) is 33.7 Å². The van der Waals surface area contributed by atoms with E-state index in [1.165, 1.54) is 17.0 Å². The van der Waals surface area contributed by atoms with Crippen molar-refractivity contribution in [3.05, 3.63) is 67.6 Å². The van der Waals surface area contributed by atoms with Crippen molar-refractivity contribution in [3.8, 4) is 5.75 Å². The van der Waals surface area contributed by atoms with Crippen LogP contribution in [-0.2, 0) is 6.42 Å². The van der Waals surface area contributed by atoms with E-state index in [1.807, 2.05) is 13.0 Å². The molecule has 0 saturated heterocycles. The second kappa shape index (κ2) is 7.37. The van der Waals surface area contributed by atoms with Crippen molar-refractivity contribution in [3.63, 3.8) is 0 Å². The zero-order valence-corrected chi connectivity index (χ0v) is 15.8. The van der Waals surface area contributed by atoms with E-state index in [4.69, 9.17) is 11.6 Å². The molecular formula is C18H15BrClN3O2. The second-order valence-corrected chi connectivity index (χ2v) is 6.86. The number of hydrogen-bond donors (Lipinski definition) is 1. The van der Waals surface area contributed by atoms with Crippen LogP contribution in [0.2, 0.25) is 5.02 Å². The largest absolute Gasteiger partial charge is 0.507 e. The highest BCUT2D eigenvalue weighted by Crippen LogP contribution is 2.20. The van der Waals surface area contributed by atoms with Crippen molar-refractivity contribution in [1.29, 1.82) is 0 Å². The van der Waals surface area contributed by atoms with Gasteiger partial charge in [-0.15, -0.1) is 0 Å². The highest BCUT2D eigenvalue weighted by molar-refractivity contribution is 9.10. The summed E-state index contributed by atoms with van der Waals surface area (Å²) in [6, 6.07) is 10.0. The van der Waals surface area contributed by atoms with Crippen molar-refractivity contribution < 1.29 is 5.11 Å². The molecule has 0 unspecified atom stereocenters. The number of hydrogen-bond acceptors (Lipinski definition) is 4. The normalized spacial score (nSPS) is 11.5. The number of rotatable bonds is 4. The molecule has 3 rings (SSSR count). The first-order valence-electron chi connectivity index (χ1n) is 7.73. The number of phenols is 1. The molecule has 2 aromatic carbocycles. The van der Waals surface area contributed by atoms with E-state index in [2.05, 4.69) is 26.0 Å². The Morgan fingerprint density at radius 1 is 1.32 bits per heavy atom. The maximum atomic E-state index is 12.8. The van der Waals surface area contributed by atoms with Crippen LogP contribution in [0.15, 0.2) is 50.8 Å². The molecule has 1 heterocycles. The predicted octanol–water partition coefficient (Wildman–Crippen LogP) is 4.35. The molecule has 1 aromatic heterocycles. The van der Waals surface area contributed by atoms with Crippen LogP contribution in [0.3, 0.4) is 0 Å². The van der Waals surface area contributed by atoms with E-state index in [-0.39, 0.29) is 11.3 Å². The van der Waals surface area contributed by atoms with E-state index in [9.17, 15) is 9.90 Å². The van der Waals surface area contributed by atoms with Gasteiger partial charge in [-0.05, 0) is 42.8 Å². The molecule has 0 amide bonds. The molecule has 7 heteroatoms. The molecule has 0 aliphatic heterocycles. The summed E-state index contributed by atoms with van der Waals surface area (Å²) in [5, 5.41) is 15.1. The lowest BCUT2D eigenvalue weighted by molar-refractivity contribution is 0.474. The van der Waals surface area contributed by atoms with Crippen LogP contribution in [-0.4, -0.2) is 21.0 Å². The average molecular weight is 421 g/mol. The fraction of sp³-hybridized carbons (Fsp3) is 0.167. The monoisotopic (exact) mass is 419 g/mol. The lowest BCUT2D eigenvalue weighted by Gasteiger charge is -2.09. The number of fused-ring (bicyclic) bond motifs is 1. The lowest BCUT2D eigenvalue weighted by Crippen LogP contribution is -2.22. The zero-order chi connectivity index (χ0) is 18.0. The minimum absolute atomic E-state index is 0.0368. The molecule has 3 aromatic rings. The van der Waals surface area contributed by atoms with Gasteiger partial charge in [-0.1, -0.05) is 34.5 Å². The predicted molar refractivity (Wildman–Crippen MR) is 104 cm³/mol. The van der Waals surface area contributed by atoms with Gasteiger partial charge in [0.2, 0.25) is 0 Å². The zero-order valence-electron chi connectivity index (χ0n) is 13.4. The van der Waals surface area contributed by atoms with E-state index < -0.39 is 0 Å². The fourth-order valence-corrected chi connectivity index (χ4v) is 2.99. The highest BCUT2D eigenvalue weighted by atomic mass is 79.9. The van der Waals surface area contributed by atoms with Crippen molar-refractivity contribution in [2.24, 2.45) is 5.10 Å². The quantitative estimate of drug-likeness (QED) is 0.638. The van der Waals surface area contributed by atoms with Gasteiger partial charge in [0.25, 0.3) is 5.56 Å². The SMILES string of the molecule is CCCc1nc2ccc(Br)cc2c(=O)n1N=Cc1cc(Cl)ccc1O. The molecule has 0 bridgehead atoms. The van der Waals surface area contributed by atoms with E-state index in [0.717, 1.165) is 10.9 Å². The molecule has 5 nitrogen and oxygen atoms in total. The third-order valence-corrected chi connectivity index (χ3v) is 4.38. The number of aryl methyl sites for hydroxylation is 1. The Morgan fingerprint density at radius 2 is 2.12 bits per heavy atom. The molecule has 0 radical (unpaired) electrons. The van der Waals surface area contributed by atoms with Gasteiger partial charge in [0, 0.05) is 21.5 Å². The maximum absolute atomic E-state index is 12.8. The molecule has 0 atom stereocenters. The van der Waals surface area contributed by atoms with Gasteiger partial charge in [-0.3, -0.25) is 4.79 Å². The van der Waals surface area contributed by atoms with Crippen molar-refractivity contribution in [2.75, 3.05) is 0 Å². The Balaban J connectivity index is 2.17. The minimum Gasteiger partial charge on any atom is -0.507 e. The summed E-state index contributed by atoms with van der Waals surface area (Å²) in [7, 11) is 0. The van der Waals surface area contributed by atoms with Gasteiger partial charge in [0.05, 0.1) is 17.1 Å². The van der Waals surface area contributed by atoms with Crippen LogP contribution in [0.1, 0.15) is 24.7 Å². The van der Waals surface area contributed by atoms with Crippen LogP contribution in [0.25, 0.3) is 10.9 Å². The third kappa shape index (κ3) is 3.75. The average Bonchev–Trinajstić information content (AvgIpc) is 2.58. The Bertz CT molecular complexity index is 1030. The van der Waals surface area contributed by atoms with Crippen LogP contribution in [0, 0.1) is 0 Å². The number of aromatic nitrogens is 2. The summed E-state index contributed by atoms with van der Waals surface area (Å²) in [6.07, 6.45) is 2.85. The summed E-state index contributed by atoms with van der Waals surface area (Å²) in [5.74, 6) is 0.606. The fourth-order valence-electron chi connectivity index (χ4n) is 2.45. The molecule has 1 N–H and O–H groups in total. The van der Waals surface area contributed by atoms with Crippen molar-refractivity contribution in [2.45, 2.75) is 19.8 Å². The summed E-state index contributed by atoms with van der Waals surface area (Å²) >= 11 is 9.32. The highest BCUT2D eigenvalue weighted by Gasteiger charge is 2.10. The van der Waals surface area contributed by atoms with Gasteiger partial charge >= 0.3 is 0 Å². The summed E-state index contributed by atoms with van der Waals surface area (Å²) in [4.78, 5) is 17.4. The molecule has 128 valence electrons. The Kier molecular flexibility index (Phi) is 5.20. The molecule has 0 saturated carbocycles. The van der Waals surface area contributed by atoms with E-state index >= 15 is 0 Å². The Morgan fingerprint density at radius 3 is 2.88 bits per heavy atom. The first kappa shape index (κ1) is 17.6. The number of halogens is 2. The van der Waals surface area contributed by atoms with Crippen LogP contribution >= 0.6 is 27.5 Å². The minimum atomic E-state index is -0.257. The number of benzene rings is 2. The van der Waals surface area contributed by atoms with Crippen molar-refractivity contribution >= 4 is 44.6 Å². The topological polar surface area (TPSA) is 67.5 Å². The van der Waals surface area contributed by atoms with Gasteiger partial charge in [-0.2, -0.15) is 9.78 Å². The van der Waals surface area contributed by atoms with Crippen molar-refractivity contribution in [1.82, 2.24) is 9.66 Å². The Labute approximate surface area is 157 Å². The third-order valence-electron chi connectivity index (χ3n) is 3.65. The summed E-state index contributed by atoms with van der Waals surface area (Å²) < 4.78 is 2.07. The molecule has 0 aliphatic carbocycles.